The first-order valence-corrected chi connectivity index (χ1v) is 12.5. The number of hydrogen-bond acceptors (Lipinski definition) is 7. The number of rotatable bonds is 2. The van der Waals surface area contributed by atoms with Gasteiger partial charge in [0.2, 0.25) is 17.4 Å². The van der Waals surface area contributed by atoms with Gasteiger partial charge in [-0.25, -0.2) is 9.98 Å². The Morgan fingerprint density at radius 3 is 2.89 bits per heavy atom. The predicted molar refractivity (Wildman–Crippen MR) is 137 cm³/mol. The quantitative estimate of drug-likeness (QED) is 0.144. The third kappa shape index (κ3) is 4.40. The number of nitrogens with zero attached hydrogens (tertiary/aromatic N) is 8. The molecule has 1 N–H and O–H groups in total. The van der Waals surface area contributed by atoms with Crippen LogP contribution in [0.4, 0.5) is 5.82 Å². The van der Waals surface area contributed by atoms with Gasteiger partial charge in [0.15, 0.2) is 5.82 Å². The SMILES string of the molecule is CC(C)C1CN(c2nc(Cl)nc3ccsc23)CCN1C(=NC#N)N=c1cccc2n(O)cccc1-2. The van der Waals surface area contributed by atoms with E-state index in [1.807, 2.05) is 41.9 Å². The minimum atomic E-state index is 0.0288. The first kappa shape index (κ1) is 23.1. The molecule has 11 heteroatoms. The van der Waals surface area contributed by atoms with Crippen molar-refractivity contribution in [2.45, 2.75) is 19.9 Å². The van der Waals surface area contributed by atoms with Gasteiger partial charge in [0.25, 0.3) is 0 Å². The van der Waals surface area contributed by atoms with Crippen LogP contribution in [0.3, 0.4) is 0 Å². The second kappa shape index (κ2) is 9.52. The average Bonchev–Trinajstić information content (AvgIpc) is 3.32. The fraction of sp³-hybridized carbons (Fsp3) is 0.292. The first-order chi connectivity index (χ1) is 17.0. The summed E-state index contributed by atoms with van der Waals surface area (Å²) in [6, 6.07) is 11.1. The van der Waals surface area contributed by atoms with Crippen LogP contribution >= 0.6 is 22.9 Å². The Hall–Kier alpha value is -3.68. The molecule has 0 spiro atoms. The molecule has 178 valence electrons. The molecule has 0 saturated carbocycles. The molecule has 2 aromatic heterocycles. The van der Waals surface area contributed by atoms with E-state index in [1.165, 1.54) is 0 Å². The summed E-state index contributed by atoms with van der Waals surface area (Å²) in [5, 5.41) is 22.5. The Morgan fingerprint density at radius 2 is 2.09 bits per heavy atom. The van der Waals surface area contributed by atoms with Crippen LogP contribution in [0, 0.1) is 17.4 Å². The summed E-state index contributed by atoms with van der Waals surface area (Å²) in [6.07, 6.45) is 3.49. The lowest BCUT2D eigenvalue weighted by Gasteiger charge is -2.44. The van der Waals surface area contributed by atoms with Gasteiger partial charge in [-0.3, -0.25) is 0 Å². The van der Waals surface area contributed by atoms with E-state index < -0.39 is 0 Å². The van der Waals surface area contributed by atoms with Gasteiger partial charge in [-0.2, -0.15) is 15.0 Å². The highest BCUT2D eigenvalue weighted by Gasteiger charge is 2.33. The number of fused-ring (bicyclic) bond motifs is 2. The lowest BCUT2D eigenvalue weighted by Crippen LogP contribution is -2.57. The van der Waals surface area contributed by atoms with E-state index >= 15 is 0 Å². The van der Waals surface area contributed by atoms with E-state index in [0.29, 0.717) is 36.6 Å². The molecule has 0 radical (unpaired) electrons. The summed E-state index contributed by atoms with van der Waals surface area (Å²) in [7, 11) is 0. The Balaban J connectivity index is 1.52. The van der Waals surface area contributed by atoms with Crippen molar-refractivity contribution in [1.29, 1.82) is 5.26 Å². The van der Waals surface area contributed by atoms with Crippen LogP contribution in [0.2, 0.25) is 5.28 Å². The molecule has 2 aromatic rings. The fourth-order valence-electron chi connectivity index (χ4n) is 4.47. The molecular weight excluding hydrogens is 484 g/mol. The molecule has 1 aliphatic carbocycles. The molecule has 4 heterocycles. The largest absolute Gasteiger partial charge is 0.428 e. The van der Waals surface area contributed by atoms with Crippen molar-refractivity contribution in [3.8, 4) is 17.5 Å². The third-order valence-electron chi connectivity index (χ3n) is 6.17. The van der Waals surface area contributed by atoms with E-state index in [1.54, 1.807) is 23.6 Å². The number of aliphatic imine (C=N–C) groups is 1. The highest BCUT2D eigenvalue weighted by atomic mass is 35.5. The topological polar surface area (TPSA) is 106 Å². The molecule has 1 saturated heterocycles. The van der Waals surface area contributed by atoms with Crippen LogP contribution < -0.4 is 10.3 Å². The monoisotopic (exact) mass is 506 g/mol. The fourth-order valence-corrected chi connectivity index (χ4v) is 5.49. The van der Waals surface area contributed by atoms with Crippen molar-refractivity contribution in [2.24, 2.45) is 15.9 Å². The van der Waals surface area contributed by atoms with Gasteiger partial charge in [-0.1, -0.05) is 19.9 Å². The number of thiophene rings is 1. The second-order valence-electron chi connectivity index (χ2n) is 8.59. The number of halogens is 1. The second-order valence-corrected chi connectivity index (χ2v) is 9.84. The van der Waals surface area contributed by atoms with Crippen LogP contribution in [0.1, 0.15) is 13.8 Å². The third-order valence-corrected chi connectivity index (χ3v) is 7.24. The van der Waals surface area contributed by atoms with Gasteiger partial charge in [0, 0.05) is 31.4 Å². The van der Waals surface area contributed by atoms with E-state index in [-0.39, 0.29) is 17.2 Å². The number of nitriles is 1. The Kier molecular flexibility index (Phi) is 6.28. The molecule has 0 amide bonds. The van der Waals surface area contributed by atoms with Crippen LogP contribution in [-0.2, 0) is 0 Å². The maximum atomic E-state index is 10.2. The van der Waals surface area contributed by atoms with Gasteiger partial charge in [-0.15, -0.1) is 16.3 Å². The van der Waals surface area contributed by atoms with Gasteiger partial charge < -0.3 is 15.0 Å². The minimum Gasteiger partial charge on any atom is -0.428 e. The molecule has 9 nitrogen and oxygen atoms in total. The Labute approximate surface area is 211 Å². The summed E-state index contributed by atoms with van der Waals surface area (Å²) in [4.78, 5) is 22.1. The smallest absolute Gasteiger partial charge is 0.237 e. The molecule has 0 aromatic carbocycles. The Bertz CT molecular complexity index is 1490. The Morgan fingerprint density at radius 1 is 1.23 bits per heavy atom. The number of hydrogen-bond donors (Lipinski definition) is 1. The van der Waals surface area contributed by atoms with E-state index in [2.05, 4.69) is 38.6 Å². The van der Waals surface area contributed by atoms with Crippen molar-refractivity contribution in [3.05, 3.63) is 58.6 Å². The number of anilines is 1. The average molecular weight is 507 g/mol. The predicted octanol–water partition coefficient (Wildman–Crippen LogP) is 4.07. The zero-order valence-electron chi connectivity index (χ0n) is 19.2. The molecule has 5 rings (SSSR count). The molecular formula is C24H23ClN8OS. The maximum absolute atomic E-state index is 10.2. The molecule has 1 fully saturated rings. The number of benzene rings is 1. The van der Waals surface area contributed by atoms with Crippen LogP contribution in [0.15, 0.2) is 58.0 Å². The summed E-state index contributed by atoms with van der Waals surface area (Å²) >= 11 is 7.82. The highest BCUT2D eigenvalue weighted by Crippen LogP contribution is 2.32. The summed E-state index contributed by atoms with van der Waals surface area (Å²) in [5.41, 5.74) is 2.22. The zero-order chi connectivity index (χ0) is 24.5. The molecule has 2 aliphatic heterocycles. The molecule has 0 bridgehead atoms. The summed E-state index contributed by atoms with van der Waals surface area (Å²) < 4.78 is 2.07. The normalized spacial score (nSPS) is 17.5. The molecule has 1 atom stereocenters. The van der Waals surface area contributed by atoms with Crippen LogP contribution in [0.25, 0.3) is 21.5 Å². The molecule has 3 aliphatic rings. The van der Waals surface area contributed by atoms with Crippen molar-refractivity contribution in [1.82, 2.24) is 19.6 Å². The van der Waals surface area contributed by atoms with Crippen molar-refractivity contribution >= 4 is 44.9 Å². The molecule has 35 heavy (non-hydrogen) atoms. The standard InChI is InChI=1S/C24H23ClN8OS/c1-15(2)20-13-31(22-21-18(8-12-35-21)28-23(25)30-22)10-11-32(20)24(27-14-26)29-17-6-3-7-19-16(17)5-4-9-33(19)34/h3-9,12,15,20,34H,10-11,13H2,1-2H3. The maximum Gasteiger partial charge on any atom is 0.237 e. The van der Waals surface area contributed by atoms with Gasteiger partial charge >= 0.3 is 0 Å². The van der Waals surface area contributed by atoms with Crippen molar-refractivity contribution < 1.29 is 5.21 Å². The van der Waals surface area contributed by atoms with E-state index in [9.17, 15) is 10.5 Å². The lowest BCUT2D eigenvalue weighted by molar-refractivity contribution is 0.189. The molecule has 1 unspecified atom stereocenters. The van der Waals surface area contributed by atoms with Crippen LogP contribution in [-0.4, -0.2) is 56.4 Å². The summed E-state index contributed by atoms with van der Waals surface area (Å²) in [6.45, 7) is 6.23. The van der Waals surface area contributed by atoms with Crippen molar-refractivity contribution in [3.63, 3.8) is 0 Å². The zero-order valence-corrected chi connectivity index (χ0v) is 20.8. The lowest BCUT2D eigenvalue weighted by atomic mass is 9.99. The van der Waals surface area contributed by atoms with Gasteiger partial charge in [-0.05, 0) is 53.2 Å². The number of piperazine rings is 1. The number of pyridine rings is 1. The van der Waals surface area contributed by atoms with Crippen LogP contribution in [0.5, 0.6) is 0 Å². The van der Waals surface area contributed by atoms with Gasteiger partial charge in [0.1, 0.15) is 0 Å². The van der Waals surface area contributed by atoms with E-state index in [4.69, 9.17) is 16.6 Å². The highest BCUT2D eigenvalue weighted by molar-refractivity contribution is 7.17. The van der Waals surface area contributed by atoms with E-state index in [0.717, 1.165) is 26.3 Å². The van der Waals surface area contributed by atoms with Gasteiger partial charge in [0.05, 0.1) is 27.3 Å². The summed E-state index contributed by atoms with van der Waals surface area (Å²) in [5.74, 6) is 1.44. The first-order valence-electron chi connectivity index (χ1n) is 11.2. The number of guanidine groups is 1. The minimum absolute atomic E-state index is 0.0288. The van der Waals surface area contributed by atoms with Crippen molar-refractivity contribution in [2.75, 3.05) is 24.5 Å². The number of aromatic nitrogens is 3.